The second-order valence-electron chi connectivity index (χ2n) is 8.06. The van der Waals surface area contributed by atoms with Gasteiger partial charge in [-0.2, -0.15) is 5.10 Å². The number of nitrogens with one attached hydrogen (secondary N) is 2. The lowest BCUT2D eigenvalue weighted by Crippen LogP contribution is -2.39. The van der Waals surface area contributed by atoms with Gasteiger partial charge in [0.1, 0.15) is 5.75 Å². The molecule has 3 aromatic rings. The molecule has 0 radical (unpaired) electrons. The predicted molar refractivity (Wildman–Crippen MR) is 119 cm³/mol. The molecule has 1 aliphatic heterocycles. The molecule has 6 nitrogen and oxygen atoms in total. The van der Waals surface area contributed by atoms with E-state index >= 15 is 0 Å². The van der Waals surface area contributed by atoms with Gasteiger partial charge in [-0.05, 0) is 73.7 Å². The Kier molecular flexibility index (Phi) is 5.25. The Morgan fingerprint density at radius 3 is 2.62 bits per heavy atom. The number of anilines is 2. The summed E-state index contributed by atoms with van der Waals surface area (Å²) in [5.41, 5.74) is 1.34. The number of hydrogen-bond donors (Lipinski definition) is 2. The minimum Gasteiger partial charge on any atom is -0.420 e. The number of alkyl halides is 3. The van der Waals surface area contributed by atoms with Crippen molar-refractivity contribution in [1.29, 1.82) is 0 Å². The van der Waals surface area contributed by atoms with E-state index in [1.807, 2.05) is 18.2 Å². The zero-order valence-electron chi connectivity index (χ0n) is 17.1. The molecule has 166 valence electrons. The molecule has 1 saturated carbocycles. The molecule has 1 fully saturated rings. The third-order valence-electron chi connectivity index (χ3n) is 6.01. The quantitative estimate of drug-likeness (QED) is 0.484. The molecule has 9 heteroatoms. The standard InChI is InChI=1S/C23H21ClF2N4O2/c24-23(25,26)32-18-6-4-16(5-7-18)28-22(31)15-12-14-9-11-30(17-2-1-3-17)21(14)19(13-15)20-8-10-27-29-20/h4-8,10,12-13,17H,1-3,9,11H2,(H,27,29)(H,28,31). The summed E-state index contributed by atoms with van der Waals surface area (Å²) < 4.78 is 29.8. The van der Waals surface area contributed by atoms with Crippen molar-refractivity contribution in [2.45, 2.75) is 37.3 Å². The van der Waals surface area contributed by atoms with Crippen molar-refractivity contribution in [2.24, 2.45) is 0 Å². The largest absolute Gasteiger partial charge is 0.487 e. The number of carbonyl (C=O) groups is 1. The zero-order chi connectivity index (χ0) is 22.3. The molecule has 2 aliphatic rings. The third-order valence-corrected chi connectivity index (χ3v) is 6.09. The number of benzene rings is 2. The Balaban J connectivity index is 1.41. The number of ether oxygens (including phenoxy) is 1. The summed E-state index contributed by atoms with van der Waals surface area (Å²) in [5.74, 6) is -0.384. The van der Waals surface area contributed by atoms with Crippen LogP contribution < -0.4 is 15.0 Å². The number of nitrogens with zero attached hydrogens (tertiary/aromatic N) is 2. The summed E-state index contributed by atoms with van der Waals surface area (Å²) in [7, 11) is 0. The van der Waals surface area contributed by atoms with Crippen LogP contribution in [0.25, 0.3) is 11.3 Å². The van der Waals surface area contributed by atoms with Gasteiger partial charge in [-0.25, -0.2) is 0 Å². The third kappa shape index (κ3) is 4.14. The molecule has 2 N–H and O–H groups in total. The number of hydrogen-bond acceptors (Lipinski definition) is 4. The van der Waals surface area contributed by atoms with E-state index in [1.54, 1.807) is 6.20 Å². The Labute approximate surface area is 188 Å². The normalized spacial score (nSPS) is 15.9. The monoisotopic (exact) mass is 458 g/mol. The molecule has 2 aromatic carbocycles. The van der Waals surface area contributed by atoms with Crippen LogP contribution in [0.5, 0.6) is 5.75 Å². The topological polar surface area (TPSA) is 70.2 Å². The van der Waals surface area contributed by atoms with Gasteiger partial charge in [0.15, 0.2) is 0 Å². The molecule has 0 unspecified atom stereocenters. The number of halogens is 3. The van der Waals surface area contributed by atoms with E-state index in [9.17, 15) is 13.6 Å². The van der Waals surface area contributed by atoms with Gasteiger partial charge in [0.05, 0.1) is 5.69 Å². The van der Waals surface area contributed by atoms with Crippen molar-refractivity contribution < 1.29 is 18.3 Å². The van der Waals surface area contributed by atoms with Crippen LogP contribution in [0.4, 0.5) is 20.2 Å². The number of aromatic nitrogens is 2. The van der Waals surface area contributed by atoms with E-state index in [4.69, 9.17) is 11.6 Å². The number of aromatic amines is 1. The number of rotatable bonds is 6. The Morgan fingerprint density at radius 1 is 1.22 bits per heavy atom. The van der Waals surface area contributed by atoms with E-state index in [0.29, 0.717) is 17.3 Å². The van der Waals surface area contributed by atoms with Crippen molar-refractivity contribution >= 4 is 28.9 Å². The molecule has 0 bridgehead atoms. The summed E-state index contributed by atoms with van der Waals surface area (Å²) in [6.07, 6.45) is 6.22. The van der Waals surface area contributed by atoms with Crippen LogP contribution >= 0.6 is 11.6 Å². The highest BCUT2D eigenvalue weighted by Gasteiger charge is 2.33. The Bertz CT molecular complexity index is 1130. The fourth-order valence-corrected chi connectivity index (χ4v) is 4.42. The SMILES string of the molecule is O=C(Nc1ccc(OC(F)(F)Cl)cc1)c1cc2c(c(-c3ccn[nH]3)c1)N(C1CCC1)CC2. The van der Waals surface area contributed by atoms with Gasteiger partial charge in [0.25, 0.3) is 5.91 Å². The van der Waals surface area contributed by atoms with Crippen LogP contribution in [0.2, 0.25) is 0 Å². The van der Waals surface area contributed by atoms with Gasteiger partial charge < -0.3 is 15.0 Å². The Morgan fingerprint density at radius 2 is 2.00 bits per heavy atom. The molecule has 0 saturated heterocycles. The molecule has 1 amide bonds. The summed E-state index contributed by atoms with van der Waals surface area (Å²) in [6, 6.07) is 11.9. The van der Waals surface area contributed by atoms with Gasteiger partial charge in [-0.15, -0.1) is 8.78 Å². The molecule has 0 atom stereocenters. The average Bonchev–Trinajstić information content (AvgIpc) is 3.37. The van der Waals surface area contributed by atoms with E-state index in [1.165, 1.54) is 49.2 Å². The van der Waals surface area contributed by atoms with Crippen molar-refractivity contribution in [3.63, 3.8) is 0 Å². The maximum Gasteiger partial charge on any atom is 0.487 e. The van der Waals surface area contributed by atoms with E-state index in [0.717, 1.165) is 29.8 Å². The van der Waals surface area contributed by atoms with Gasteiger partial charge >= 0.3 is 5.57 Å². The molecular formula is C23H21ClF2N4O2. The lowest BCUT2D eigenvalue weighted by atomic mass is 9.90. The highest BCUT2D eigenvalue weighted by atomic mass is 35.5. The summed E-state index contributed by atoms with van der Waals surface area (Å²) >= 11 is 4.78. The summed E-state index contributed by atoms with van der Waals surface area (Å²) in [5, 5.41) is 9.92. The highest BCUT2D eigenvalue weighted by Crippen LogP contribution is 2.43. The predicted octanol–water partition coefficient (Wildman–Crippen LogP) is 5.41. The van der Waals surface area contributed by atoms with Crippen molar-refractivity contribution in [1.82, 2.24) is 10.2 Å². The molecule has 2 heterocycles. The first-order valence-electron chi connectivity index (χ1n) is 10.5. The van der Waals surface area contributed by atoms with Gasteiger partial charge in [0.2, 0.25) is 0 Å². The Hall–Kier alpha value is -3.13. The van der Waals surface area contributed by atoms with Crippen LogP contribution in [0.15, 0.2) is 48.7 Å². The molecule has 0 spiro atoms. The first kappa shape index (κ1) is 20.8. The van der Waals surface area contributed by atoms with Crippen molar-refractivity contribution in [3.8, 4) is 17.0 Å². The molecule has 5 rings (SSSR count). The molecule has 1 aromatic heterocycles. The second-order valence-corrected chi connectivity index (χ2v) is 8.50. The second kappa shape index (κ2) is 8.09. The maximum atomic E-state index is 13.0. The lowest BCUT2D eigenvalue weighted by molar-refractivity contribution is -0.0964. The van der Waals surface area contributed by atoms with Crippen molar-refractivity contribution in [3.05, 3.63) is 59.8 Å². The van der Waals surface area contributed by atoms with Gasteiger partial charge in [-0.3, -0.25) is 9.89 Å². The smallest absolute Gasteiger partial charge is 0.420 e. The van der Waals surface area contributed by atoms with E-state index in [2.05, 4.69) is 25.2 Å². The minimum absolute atomic E-state index is 0.0989. The average molecular weight is 459 g/mol. The fourth-order valence-electron chi connectivity index (χ4n) is 4.33. The zero-order valence-corrected chi connectivity index (χ0v) is 17.8. The molecule has 32 heavy (non-hydrogen) atoms. The highest BCUT2D eigenvalue weighted by molar-refractivity contribution is 6.20. The molecular weight excluding hydrogens is 438 g/mol. The minimum atomic E-state index is -3.79. The van der Waals surface area contributed by atoms with Crippen LogP contribution in [0.3, 0.4) is 0 Å². The van der Waals surface area contributed by atoms with E-state index in [-0.39, 0.29) is 11.7 Å². The van der Waals surface area contributed by atoms with Gasteiger partial charge in [0, 0.05) is 52.9 Å². The number of carbonyl (C=O) groups excluding carboxylic acids is 1. The molecule has 1 aliphatic carbocycles. The van der Waals surface area contributed by atoms with Crippen LogP contribution in [-0.4, -0.2) is 34.3 Å². The summed E-state index contributed by atoms with van der Waals surface area (Å²) in [4.78, 5) is 15.5. The van der Waals surface area contributed by atoms with Crippen LogP contribution in [-0.2, 0) is 6.42 Å². The number of fused-ring (bicyclic) bond motifs is 1. The van der Waals surface area contributed by atoms with Crippen LogP contribution in [0.1, 0.15) is 35.2 Å². The maximum absolute atomic E-state index is 13.0. The number of H-pyrrole nitrogens is 1. The number of amides is 1. The van der Waals surface area contributed by atoms with Crippen LogP contribution in [0, 0.1) is 0 Å². The van der Waals surface area contributed by atoms with E-state index < -0.39 is 5.57 Å². The van der Waals surface area contributed by atoms with Crippen molar-refractivity contribution in [2.75, 3.05) is 16.8 Å². The lowest BCUT2D eigenvalue weighted by Gasteiger charge is -2.37. The first-order chi connectivity index (χ1) is 15.4. The summed E-state index contributed by atoms with van der Waals surface area (Å²) in [6.45, 7) is 0.943. The van der Waals surface area contributed by atoms with Gasteiger partial charge in [-0.1, -0.05) is 0 Å². The fraction of sp³-hybridized carbons (Fsp3) is 0.304. The first-order valence-corrected chi connectivity index (χ1v) is 10.9.